The maximum absolute atomic E-state index is 10.4. The normalized spacial score (nSPS) is 10.7. The summed E-state index contributed by atoms with van der Waals surface area (Å²) in [6.07, 6.45) is 9.55. The Hall–Kier alpha value is -0.375. The minimum absolute atomic E-state index is 0.201. The van der Waals surface area contributed by atoms with Crippen LogP contribution in [-0.2, 0) is 4.79 Å². The number of carbonyl (C=O) groups excluding carboxylic acids is 1. The van der Waals surface area contributed by atoms with E-state index in [0.29, 0.717) is 6.42 Å². The van der Waals surface area contributed by atoms with Crippen LogP contribution in [0.3, 0.4) is 0 Å². The Labute approximate surface area is 98.3 Å². The summed E-state index contributed by atoms with van der Waals surface area (Å²) >= 11 is 1.79. The van der Waals surface area contributed by atoms with Crippen molar-refractivity contribution in [2.75, 3.05) is 11.5 Å². The fourth-order valence-electron chi connectivity index (χ4n) is 1.08. The average Bonchev–Trinajstić information content (AvgIpc) is 2.20. The zero-order valence-corrected chi connectivity index (χ0v) is 10.4. The van der Waals surface area contributed by atoms with E-state index in [0.717, 1.165) is 30.7 Å². The zero-order chi connectivity index (χ0) is 11.4. The van der Waals surface area contributed by atoms with Crippen LogP contribution < -0.4 is 5.73 Å². The van der Waals surface area contributed by atoms with Gasteiger partial charge in [-0.3, -0.25) is 4.79 Å². The summed E-state index contributed by atoms with van der Waals surface area (Å²) in [5.74, 6) is 1.74. The Bertz CT molecular complexity index is 185. The van der Waals surface area contributed by atoms with Gasteiger partial charge in [-0.2, -0.15) is 11.8 Å². The predicted molar refractivity (Wildman–Crippen MR) is 70.6 cm³/mol. The molecule has 0 aromatic rings. The van der Waals surface area contributed by atoms with Crippen LogP contribution in [0.5, 0.6) is 0 Å². The van der Waals surface area contributed by atoms with E-state index in [4.69, 9.17) is 5.73 Å². The summed E-state index contributed by atoms with van der Waals surface area (Å²) in [7, 11) is 2.30. The van der Waals surface area contributed by atoms with Gasteiger partial charge in [0.1, 0.15) is 7.28 Å². The van der Waals surface area contributed by atoms with Crippen molar-refractivity contribution in [3.05, 3.63) is 12.2 Å². The summed E-state index contributed by atoms with van der Waals surface area (Å²) < 4.78 is 0. The molecule has 1 amide bonds. The third-order valence-corrected chi connectivity index (χ3v) is 2.93. The van der Waals surface area contributed by atoms with Gasteiger partial charge in [0.05, 0.1) is 0 Å². The molecule has 0 heterocycles. The van der Waals surface area contributed by atoms with Gasteiger partial charge in [0.25, 0.3) is 0 Å². The lowest BCUT2D eigenvalue weighted by molar-refractivity contribution is -0.117. The van der Waals surface area contributed by atoms with Crippen LogP contribution in [0.1, 0.15) is 26.2 Å². The first-order chi connectivity index (χ1) is 7.27. The number of hydrogen-bond donors (Lipinski definition) is 1. The summed E-state index contributed by atoms with van der Waals surface area (Å²) in [6, 6.07) is 0. The monoisotopic (exact) mass is 226 g/mol. The van der Waals surface area contributed by atoms with Crippen molar-refractivity contribution in [2.24, 2.45) is 5.73 Å². The highest BCUT2D eigenvalue weighted by Gasteiger charge is 1.93. The molecule has 4 heteroatoms. The molecular formula is C11H21BNOS. The van der Waals surface area contributed by atoms with Gasteiger partial charge in [0, 0.05) is 12.2 Å². The second-order valence-electron chi connectivity index (χ2n) is 3.36. The van der Waals surface area contributed by atoms with Gasteiger partial charge in [0.15, 0.2) is 0 Å². The third-order valence-electron chi connectivity index (χ3n) is 1.91. The van der Waals surface area contributed by atoms with Gasteiger partial charge in [0.2, 0.25) is 5.91 Å². The van der Waals surface area contributed by atoms with Crippen molar-refractivity contribution < 1.29 is 4.79 Å². The van der Waals surface area contributed by atoms with E-state index in [1.54, 1.807) is 11.8 Å². The van der Waals surface area contributed by atoms with Crippen LogP contribution in [0.15, 0.2) is 12.2 Å². The molecule has 15 heavy (non-hydrogen) atoms. The Kier molecular flexibility index (Phi) is 11.4. The Morgan fingerprint density at radius 3 is 2.73 bits per heavy atom. The van der Waals surface area contributed by atoms with Gasteiger partial charge >= 0.3 is 0 Å². The fraction of sp³-hybridized carbons (Fsp3) is 0.727. The third kappa shape index (κ3) is 13.6. The minimum Gasteiger partial charge on any atom is -0.370 e. The van der Waals surface area contributed by atoms with Gasteiger partial charge in [-0.25, -0.2) is 0 Å². The summed E-state index contributed by atoms with van der Waals surface area (Å²) in [6.45, 7) is 2.17. The standard InChI is InChI=1S/C11H21BNOS/c1-2-12-8-5-3-4-6-9-15-10-7-11(13)14/h3-4H,2,5-10H2,1H3,(H2,13,14)/b4-3-. The van der Waals surface area contributed by atoms with E-state index in [9.17, 15) is 4.79 Å². The highest BCUT2D eigenvalue weighted by molar-refractivity contribution is 7.99. The second-order valence-corrected chi connectivity index (χ2v) is 4.59. The molecule has 0 unspecified atom stereocenters. The van der Waals surface area contributed by atoms with Crippen LogP contribution in [0.2, 0.25) is 12.6 Å². The van der Waals surface area contributed by atoms with Crippen molar-refractivity contribution >= 4 is 24.9 Å². The molecule has 0 fully saturated rings. The lowest BCUT2D eigenvalue weighted by atomic mass is 9.71. The molecule has 0 atom stereocenters. The second kappa shape index (κ2) is 11.7. The number of rotatable bonds is 10. The van der Waals surface area contributed by atoms with Crippen LogP contribution in [0, 0.1) is 0 Å². The van der Waals surface area contributed by atoms with E-state index in [1.165, 1.54) is 6.32 Å². The first-order valence-corrected chi connectivity index (χ1v) is 6.75. The maximum Gasteiger partial charge on any atom is 0.218 e. The predicted octanol–water partition coefficient (Wildman–Crippen LogP) is 2.49. The molecule has 1 radical (unpaired) electrons. The highest BCUT2D eigenvalue weighted by Crippen LogP contribution is 2.05. The van der Waals surface area contributed by atoms with Crippen LogP contribution in [-0.4, -0.2) is 24.7 Å². The molecule has 2 nitrogen and oxygen atoms in total. The molecule has 2 N–H and O–H groups in total. The molecule has 0 aromatic carbocycles. The molecule has 0 rings (SSSR count). The number of hydrogen-bond acceptors (Lipinski definition) is 2. The molecular weight excluding hydrogens is 205 g/mol. The first-order valence-electron chi connectivity index (χ1n) is 5.60. The number of carbonyl (C=O) groups is 1. The molecule has 0 aliphatic heterocycles. The van der Waals surface area contributed by atoms with Gasteiger partial charge in [-0.1, -0.05) is 31.7 Å². The molecule has 0 bridgehead atoms. The van der Waals surface area contributed by atoms with Crippen molar-refractivity contribution in [1.29, 1.82) is 0 Å². The van der Waals surface area contributed by atoms with Gasteiger partial charge in [-0.15, -0.1) is 0 Å². The number of thioether (sulfide) groups is 1. The zero-order valence-electron chi connectivity index (χ0n) is 9.58. The Morgan fingerprint density at radius 2 is 2.07 bits per heavy atom. The quantitative estimate of drug-likeness (QED) is 0.353. The Morgan fingerprint density at radius 1 is 1.33 bits per heavy atom. The molecule has 0 aromatic heterocycles. The number of nitrogens with two attached hydrogens (primary N) is 1. The van der Waals surface area contributed by atoms with E-state index in [1.807, 2.05) is 0 Å². The molecule has 0 saturated carbocycles. The molecule has 0 saturated heterocycles. The van der Waals surface area contributed by atoms with E-state index >= 15 is 0 Å². The van der Waals surface area contributed by atoms with E-state index < -0.39 is 0 Å². The highest BCUT2D eigenvalue weighted by atomic mass is 32.2. The Balaban J connectivity index is 3.06. The lowest BCUT2D eigenvalue weighted by Crippen LogP contribution is -2.10. The number of allylic oxidation sites excluding steroid dienone is 2. The molecule has 0 aliphatic rings. The van der Waals surface area contributed by atoms with Crippen LogP contribution in [0.25, 0.3) is 0 Å². The van der Waals surface area contributed by atoms with Crippen molar-refractivity contribution in [2.45, 2.75) is 38.8 Å². The van der Waals surface area contributed by atoms with E-state index in [2.05, 4.69) is 26.4 Å². The van der Waals surface area contributed by atoms with Gasteiger partial charge < -0.3 is 5.73 Å². The maximum atomic E-state index is 10.4. The molecule has 0 spiro atoms. The van der Waals surface area contributed by atoms with Crippen molar-refractivity contribution in [3.63, 3.8) is 0 Å². The SMILES string of the molecule is CC[B]CC/C=C\CCSCCC(N)=O. The van der Waals surface area contributed by atoms with Crippen molar-refractivity contribution in [1.82, 2.24) is 0 Å². The summed E-state index contributed by atoms with van der Waals surface area (Å²) in [4.78, 5) is 10.4. The minimum atomic E-state index is -0.201. The van der Waals surface area contributed by atoms with Crippen LogP contribution >= 0.6 is 11.8 Å². The summed E-state index contributed by atoms with van der Waals surface area (Å²) in [5, 5.41) is 0. The summed E-state index contributed by atoms with van der Waals surface area (Å²) in [5.41, 5.74) is 5.03. The molecule has 0 aliphatic carbocycles. The lowest BCUT2D eigenvalue weighted by Gasteiger charge is -1.96. The average molecular weight is 226 g/mol. The first kappa shape index (κ1) is 14.6. The van der Waals surface area contributed by atoms with E-state index in [-0.39, 0.29) is 5.91 Å². The topological polar surface area (TPSA) is 43.1 Å². The number of amides is 1. The number of primary amides is 1. The fourth-order valence-corrected chi connectivity index (χ4v) is 1.93. The smallest absolute Gasteiger partial charge is 0.218 e. The van der Waals surface area contributed by atoms with Crippen LogP contribution in [0.4, 0.5) is 0 Å². The largest absolute Gasteiger partial charge is 0.370 e. The van der Waals surface area contributed by atoms with Crippen molar-refractivity contribution in [3.8, 4) is 0 Å². The van der Waals surface area contributed by atoms with Gasteiger partial charge in [-0.05, 0) is 18.6 Å². The molecule has 85 valence electrons.